The Morgan fingerprint density at radius 1 is 1.18 bits per heavy atom. The minimum absolute atomic E-state index is 0.161. The zero-order chi connectivity index (χ0) is 15.5. The third-order valence-corrected chi connectivity index (χ3v) is 3.21. The van der Waals surface area contributed by atoms with E-state index >= 15 is 0 Å². The molecule has 0 bridgehead atoms. The van der Waals surface area contributed by atoms with Gasteiger partial charge in [-0.1, -0.05) is 18.2 Å². The van der Waals surface area contributed by atoms with E-state index in [4.69, 9.17) is 9.47 Å². The highest BCUT2D eigenvalue weighted by molar-refractivity contribution is 5.86. The lowest BCUT2D eigenvalue weighted by atomic mass is 10.3. The van der Waals surface area contributed by atoms with Gasteiger partial charge in [0.2, 0.25) is 0 Å². The average Bonchev–Trinajstić information content (AvgIpc) is 2.95. The van der Waals surface area contributed by atoms with Crippen LogP contribution in [0.5, 0.6) is 11.5 Å². The van der Waals surface area contributed by atoms with E-state index in [2.05, 4.69) is 4.98 Å². The molecule has 1 N–H and O–H groups in total. The standard InChI is InChI=1S/C16H14N2O4/c1-21-13-6-2-3-7-14(13)22-10-11-9-18-12(16(19)20)5-4-8-15(18)17-11/h2-9H,10H2,1H3,(H,19,20). The molecular weight excluding hydrogens is 284 g/mol. The van der Waals surface area contributed by atoms with Crippen LogP contribution in [0.3, 0.4) is 0 Å². The highest BCUT2D eigenvalue weighted by atomic mass is 16.5. The number of nitrogens with zero attached hydrogens (tertiary/aromatic N) is 2. The number of carbonyl (C=O) groups is 1. The van der Waals surface area contributed by atoms with Crippen LogP contribution < -0.4 is 9.47 Å². The minimum atomic E-state index is -1.000. The molecule has 0 unspecified atom stereocenters. The summed E-state index contributed by atoms with van der Waals surface area (Å²) in [6.07, 6.45) is 1.66. The maximum absolute atomic E-state index is 11.2. The number of ether oxygens (including phenoxy) is 2. The molecule has 6 heteroatoms. The number of benzene rings is 1. The SMILES string of the molecule is COc1ccccc1OCc1cn2c(C(=O)O)cccc2n1. The van der Waals surface area contributed by atoms with Gasteiger partial charge >= 0.3 is 5.97 Å². The third-order valence-electron chi connectivity index (χ3n) is 3.21. The van der Waals surface area contributed by atoms with Crippen molar-refractivity contribution in [3.05, 3.63) is 60.0 Å². The number of aromatic nitrogens is 2. The summed E-state index contributed by atoms with van der Waals surface area (Å²) in [5.74, 6) is 0.248. The van der Waals surface area contributed by atoms with Crippen molar-refractivity contribution < 1.29 is 19.4 Å². The van der Waals surface area contributed by atoms with Crippen molar-refractivity contribution in [1.29, 1.82) is 0 Å². The Balaban J connectivity index is 1.86. The van der Waals surface area contributed by atoms with Gasteiger partial charge in [0.25, 0.3) is 0 Å². The molecule has 2 aromatic heterocycles. The van der Waals surface area contributed by atoms with Crippen molar-refractivity contribution in [3.63, 3.8) is 0 Å². The second-order valence-corrected chi connectivity index (χ2v) is 4.62. The number of carboxylic acid groups (broad SMARTS) is 1. The number of fused-ring (bicyclic) bond motifs is 1. The largest absolute Gasteiger partial charge is 0.493 e. The van der Waals surface area contributed by atoms with Gasteiger partial charge in [0.1, 0.15) is 17.9 Å². The van der Waals surface area contributed by atoms with E-state index in [1.165, 1.54) is 10.5 Å². The maximum Gasteiger partial charge on any atom is 0.352 e. The van der Waals surface area contributed by atoms with Crippen molar-refractivity contribution in [2.24, 2.45) is 0 Å². The molecule has 22 heavy (non-hydrogen) atoms. The Morgan fingerprint density at radius 2 is 1.95 bits per heavy atom. The number of hydrogen-bond acceptors (Lipinski definition) is 4. The minimum Gasteiger partial charge on any atom is -0.493 e. The lowest BCUT2D eigenvalue weighted by molar-refractivity contribution is 0.0689. The highest BCUT2D eigenvalue weighted by Crippen LogP contribution is 2.26. The molecule has 0 amide bonds. The molecule has 0 radical (unpaired) electrons. The quantitative estimate of drug-likeness (QED) is 0.784. The topological polar surface area (TPSA) is 73.1 Å². The number of aromatic carboxylic acids is 1. The van der Waals surface area contributed by atoms with Gasteiger partial charge in [-0.2, -0.15) is 0 Å². The van der Waals surface area contributed by atoms with Crippen molar-refractivity contribution in [2.75, 3.05) is 7.11 Å². The molecule has 0 saturated heterocycles. The van der Waals surface area contributed by atoms with Crippen LogP contribution in [-0.4, -0.2) is 27.6 Å². The van der Waals surface area contributed by atoms with Gasteiger partial charge in [-0.3, -0.25) is 4.40 Å². The van der Waals surface area contributed by atoms with E-state index in [0.717, 1.165) is 0 Å². The van der Waals surface area contributed by atoms with Gasteiger partial charge in [0.05, 0.1) is 12.8 Å². The van der Waals surface area contributed by atoms with E-state index < -0.39 is 5.97 Å². The van der Waals surface area contributed by atoms with Crippen molar-refractivity contribution in [2.45, 2.75) is 6.61 Å². The van der Waals surface area contributed by atoms with E-state index in [1.807, 2.05) is 18.2 Å². The van der Waals surface area contributed by atoms with Crippen LogP contribution in [0.15, 0.2) is 48.7 Å². The summed E-state index contributed by atoms with van der Waals surface area (Å²) in [5, 5.41) is 9.17. The molecule has 0 fully saturated rings. The molecule has 0 spiro atoms. The second kappa shape index (κ2) is 5.77. The number of imidazole rings is 1. The van der Waals surface area contributed by atoms with E-state index in [-0.39, 0.29) is 12.3 Å². The predicted molar refractivity (Wildman–Crippen MR) is 79.5 cm³/mol. The van der Waals surface area contributed by atoms with Crippen LogP contribution in [0.25, 0.3) is 5.65 Å². The first-order valence-electron chi connectivity index (χ1n) is 6.65. The summed E-state index contributed by atoms with van der Waals surface area (Å²) < 4.78 is 12.4. The highest BCUT2D eigenvalue weighted by Gasteiger charge is 2.11. The molecule has 6 nitrogen and oxygen atoms in total. The number of rotatable bonds is 5. The van der Waals surface area contributed by atoms with Crippen LogP contribution in [0, 0.1) is 0 Å². The maximum atomic E-state index is 11.2. The second-order valence-electron chi connectivity index (χ2n) is 4.62. The molecular formula is C16H14N2O4. The number of para-hydroxylation sites is 2. The van der Waals surface area contributed by atoms with Gasteiger partial charge in [-0.05, 0) is 24.3 Å². The van der Waals surface area contributed by atoms with Gasteiger partial charge in [0.15, 0.2) is 11.5 Å². The number of methoxy groups -OCH3 is 1. The Bertz CT molecular complexity index is 826. The molecule has 3 aromatic rings. The normalized spacial score (nSPS) is 10.6. The van der Waals surface area contributed by atoms with Crippen LogP contribution >= 0.6 is 0 Å². The molecule has 112 valence electrons. The molecule has 3 rings (SSSR count). The Morgan fingerprint density at radius 3 is 2.68 bits per heavy atom. The molecule has 0 saturated carbocycles. The van der Waals surface area contributed by atoms with Crippen LogP contribution in [0.2, 0.25) is 0 Å². The molecule has 0 aliphatic carbocycles. The van der Waals surface area contributed by atoms with Crippen LogP contribution in [0.1, 0.15) is 16.2 Å². The van der Waals surface area contributed by atoms with Gasteiger partial charge in [-0.15, -0.1) is 0 Å². The van der Waals surface area contributed by atoms with Crippen molar-refractivity contribution in [3.8, 4) is 11.5 Å². The van der Waals surface area contributed by atoms with Crippen LogP contribution in [0.4, 0.5) is 0 Å². The zero-order valence-electron chi connectivity index (χ0n) is 11.9. The summed E-state index contributed by atoms with van der Waals surface area (Å²) in [6.45, 7) is 0.223. The number of hydrogen-bond donors (Lipinski definition) is 1. The first kappa shape index (κ1) is 13.9. The fourth-order valence-corrected chi connectivity index (χ4v) is 2.19. The summed E-state index contributed by atoms with van der Waals surface area (Å²) in [4.78, 5) is 15.6. The van der Waals surface area contributed by atoms with Crippen molar-refractivity contribution >= 4 is 11.6 Å². The fraction of sp³-hybridized carbons (Fsp3) is 0.125. The van der Waals surface area contributed by atoms with Crippen LogP contribution in [-0.2, 0) is 6.61 Å². The number of carboxylic acids is 1. The molecule has 0 atom stereocenters. The summed E-state index contributed by atoms with van der Waals surface area (Å²) in [6, 6.07) is 12.3. The van der Waals surface area contributed by atoms with E-state index in [0.29, 0.717) is 22.8 Å². The Labute approximate surface area is 126 Å². The lowest BCUT2D eigenvalue weighted by Gasteiger charge is -2.08. The first-order chi connectivity index (χ1) is 10.7. The number of pyridine rings is 1. The smallest absolute Gasteiger partial charge is 0.352 e. The van der Waals surface area contributed by atoms with Crippen molar-refractivity contribution in [1.82, 2.24) is 9.38 Å². The first-order valence-corrected chi connectivity index (χ1v) is 6.65. The predicted octanol–water partition coefficient (Wildman–Crippen LogP) is 2.62. The summed E-state index contributed by atoms with van der Waals surface area (Å²) in [7, 11) is 1.58. The molecule has 2 heterocycles. The summed E-state index contributed by atoms with van der Waals surface area (Å²) in [5.41, 5.74) is 1.37. The van der Waals surface area contributed by atoms with Gasteiger partial charge in [-0.25, -0.2) is 9.78 Å². The lowest BCUT2D eigenvalue weighted by Crippen LogP contribution is -2.03. The Hall–Kier alpha value is -3.02. The van der Waals surface area contributed by atoms with E-state index in [9.17, 15) is 9.90 Å². The molecule has 0 aliphatic rings. The van der Waals surface area contributed by atoms with Gasteiger partial charge in [0, 0.05) is 6.20 Å². The van der Waals surface area contributed by atoms with Gasteiger partial charge < -0.3 is 14.6 Å². The fourth-order valence-electron chi connectivity index (χ4n) is 2.19. The monoisotopic (exact) mass is 298 g/mol. The molecule has 0 aliphatic heterocycles. The Kier molecular flexibility index (Phi) is 3.65. The average molecular weight is 298 g/mol. The zero-order valence-corrected chi connectivity index (χ0v) is 11.9. The molecule has 1 aromatic carbocycles. The summed E-state index contributed by atoms with van der Waals surface area (Å²) >= 11 is 0. The van der Waals surface area contributed by atoms with E-state index in [1.54, 1.807) is 31.5 Å². The third kappa shape index (κ3) is 2.58.